The van der Waals surface area contributed by atoms with Gasteiger partial charge in [0.15, 0.2) is 0 Å². The summed E-state index contributed by atoms with van der Waals surface area (Å²) < 4.78 is 21.9. The molecule has 0 aromatic heterocycles. The average molecular weight is 264 g/mol. The van der Waals surface area contributed by atoms with E-state index in [-0.39, 0.29) is 18.1 Å². The van der Waals surface area contributed by atoms with Crippen molar-refractivity contribution in [3.8, 4) is 0 Å². The van der Waals surface area contributed by atoms with Crippen molar-refractivity contribution < 1.29 is 13.2 Å². The molecule has 1 atom stereocenters. The van der Waals surface area contributed by atoms with Crippen LogP contribution in [0.25, 0.3) is 0 Å². The van der Waals surface area contributed by atoms with Gasteiger partial charge in [-0.1, -0.05) is 19.8 Å². The summed E-state index contributed by atoms with van der Waals surface area (Å²) in [6, 6.07) is -0.712. The van der Waals surface area contributed by atoms with E-state index < -0.39 is 15.9 Å². The summed E-state index contributed by atoms with van der Waals surface area (Å²) in [4.78, 5) is 13.3. The van der Waals surface area contributed by atoms with Crippen molar-refractivity contribution in [2.45, 2.75) is 38.6 Å². The zero-order valence-electron chi connectivity index (χ0n) is 11.0. The minimum atomic E-state index is -3.05. The lowest BCUT2D eigenvalue weighted by atomic mass is 10.2. The number of carbonyl (C=O) groups is 1. The first-order valence-corrected chi connectivity index (χ1v) is 8.02. The van der Waals surface area contributed by atoms with E-state index in [1.54, 1.807) is 11.9 Å². The minimum Gasteiger partial charge on any atom is -0.344 e. The van der Waals surface area contributed by atoms with E-state index in [0.29, 0.717) is 6.54 Å². The van der Waals surface area contributed by atoms with Crippen LogP contribution in [-0.2, 0) is 14.6 Å². The van der Waals surface area contributed by atoms with Gasteiger partial charge in [-0.25, -0.2) is 8.42 Å². The third-order valence-corrected chi connectivity index (χ3v) is 3.57. The number of nitrogens with zero attached hydrogens (tertiary/aromatic N) is 1. The Morgan fingerprint density at radius 1 is 1.35 bits per heavy atom. The van der Waals surface area contributed by atoms with E-state index in [1.807, 2.05) is 0 Å². The fourth-order valence-electron chi connectivity index (χ4n) is 1.46. The molecule has 1 amide bonds. The van der Waals surface area contributed by atoms with Gasteiger partial charge in [0.05, 0.1) is 11.8 Å². The molecule has 102 valence electrons. The number of amides is 1. The second kappa shape index (κ2) is 7.66. The maximum atomic E-state index is 11.8. The standard InChI is InChI=1S/C11H24N2O3S/c1-4-5-6-8-13(2)11(14)10(12)7-9-17(3,15)16/h10H,4-9,12H2,1-3H3. The number of sulfone groups is 1. The molecule has 0 spiro atoms. The molecule has 0 radical (unpaired) electrons. The fourth-order valence-corrected chi connectivity index (χ4v) is 2.14. The molecule has 0 saturated heterocycles. The molecule has 0 saturated carbocycles. The van der Waals surface area contributed by atoms with Gasteiger partial charge in [-0.2, -0.15) is 0 Å². The van der Waals surface area contributed by atoms with Gasteiger partial charge in [0, 0.05) is 19.8 Å². The summed E-state index contributed by atoms with van der Waals surface area (Å²) in [5, 5.41) is 0. The van der Waals surface area contributed by atoms with Crippen LogP contribution in [0.5, 0.6) is 0 Å². The topological polar surface area (TPSA) is 80.5 Å². The first kappa shape index (κ1) is 16.4. The molecular weight excluding hydrogens is 240 g/mol. The molecule has 0 aliphatic carbocycles. The lowest BCUT2D eigenvalue weighted by molar-refractivity contribution is -0.131. The fraction of sp³-hybridized carbons (Fsp3) is 0.909. The smallest absolute Gasteiger partial charge is 0.239 e. The maximum Gasteiger partial charge on any atom is 0.239 e. The third-order valence-electron chi connectivity index (χ3n) is 2.59. The number of nitrogens with two attached hydrogens (primary N) is 1. The number of hydrogen-bond acceptors (Lipinski definition) is 4. The zero-order valence-corrected chi connectivity index (χ0v) is 11.8. The first-order chi connectivity index (χ1) is 7.78. The van der Waals surface area contributed by atoms with Gasteiger partial charge in [-0.3, -0.25) is 4.79 Å². The Morgan fingerprint density at radius 3 is 2.41 bits per heavy atom. The van der Waals surface area contributed by atoms with E-state index >= 15 is 0 Å². The molecule has 5 nitrogen and oxygen atoms in total. The van der Waals surface area contributed by atoms with Crippen LogP contribution in [0.1, 0.15) is 32.6 Å². The highest BCUT2D eigenvalue weighted by molar-refractivity contribution is 7.90. The van der Waals surface area contributed by atoms with Gasteiger partial charge in [0.2, 0.25) is 5.91 Å². The second-order valence-electron chi connectivity index (χ2n) is 4.49. The van der Waals surface area contributed by atoms with E-state index in [4.69, 9.17) is 5.73 Å². The van der Waals surface area contributed by atoms with Crippen molar-refractivity contribution in [2.75, 3.05) is 25.6 Å². The van der Waals surface area contributed by atoms with Crippen LogP contribution in [0.3, 0.4) is 0 Å². The largest absolute Gasteiger partial charge is 0.344 e. The molecule has 0 aliphatic heterocycles. The van der Waals surface area contributed by atoms with Crippen molar-refractivity contribution in [2.24, 2.45) is 5.73 Å². The Bertz CT molecular complexity index is 328. The van der Waals surface area contributed by atoms with Crippen LogP contribution in [0.15, 0.2) is 0 Å². The van der Waals surface area contributed by atoms with Gasteiger partial charge in [-0.15, -0.1) is 0 Å². The molecule has 0 aromatic rings. The Labute approximate surface area is 104 Å². The summed E-state index contributed by atoms with van der Waals surface area (Å²) in [7, 11) is -1.34. The number of carbonyl (C=O) groups excluding carboxylic acids is 1. The average Bonchev–Trinajstić information content (AvgIpc) is 2.24. The molecule has 6 heteroatoms. The van der Waals surface area contributed by atoms with E-state index in [1.165, 1.54) is 0 Å². The van der Waals surface area contributed by atoms with Crippen molar-refractivity contribution in [1.29, 1.82) is 0 Å². The van der Waals surface area contributed by atoms with Crippen LogP contribution in [0.4, 0.5) is 0 Å². The molecule has 0 aromatic carbocycles. The third kappa shape index (κ3) is 8.15. The summed E-state index contributed by atoms with van der Waals surface area (Å²) in [5.74, 6) is -0.215. The lowest BCUT2D eigenvalue weighted by Crippen LogP contribution is -2.43. The molecule has 1 unspecified atom stereocenters. The Kier molecular flexibility index (Phi) is 7.38. The van der Waals surface area contributed by atoms with Gasteiger partial charge in [0.1, 0.15) is 9.84 Å². The Balaban J connectivity index is 4.03. The van der Waals surface area contributed by atoms with Gasteiger partial charge >= 0.3 is 0 Å². The number of likely N-dealkylation sites (N-methyl/N-ethyl adjacent to an activating group) is 1. The highest BCUT2D eigenvalue weighted by Gasteiger charge is 2.19. The number of unbranched alkanes of at least 4 members (excludes halogenated alkanes) is 2. The SMILES string of the molecule is CCCCCN(C)C(=O)C(N)CCS(C)(=O)=O. The van der Waals surface area contributed by atoms with Crippen LogP contribution < -0.4 is 5.73 Å². The molecule has 0 bridgehead atoms. The van der Waals surface area contributed by atoms with Crippen molar-refractivity contribution in [3.63, 3.8) is 0 Å². The Hall–Kier alpha value is -0.620. The molecule has 2 N–H and O–H groups in total. The van der Waals surface area contributed by atoms with E-state index in [9.17, 15) is 13.2 Å². The zero-order chi connectivity index (χ0) is 13.5. The predicted molar refractivity (Wildman–Crippen MR) is 69.5 cm³/mol. The van der Waals surface area contributed by atoms with Crippen LogP contribution in [0, 0.1) is 0 Å². The minimum absolute atomic E-state index is 0.0390. The molecule has 0 aliphatic rings. The van der Waals surface area contributed by atoms with Gasteiger partial charge in [-0.05, 0) is 12.8 Å². The summed E-state index contributed by atoms with van der Waals surface area (Å²) in [6.45, 7) is 2.78. The summed E-state index contributed by atoms with van der Waals surface area (Å²) in [5.41, 5.74) is 5.67. The number of hydrogen-bond donors (Lipinski definition) is 1. The predicted octanol–water partition coefficient (Wildman–Crippen LogP) is 0.397. The quantitative estimate of drug-likeness (QED) is 0.643. The van der Waals surface area contributed by atoms with Crippen LogP contribution >= 0.6 is 0 Å². The maximum absolute atomic E-state index is 11.8. The van der Waals surface area contributed by atoms with Gasteiger partial charge < -0.3 is 10.6 Å². The molecule has 0 heterocycles. The Morgan fingerprint density at radius 2 is 1.94 bits per heavy atom. The monoisotopic (exact) mass is 264 g/mol. The first-order valence-electron chi connectivity index (χ1n) is 5.96. The summed E-state index contributed by atoms with van der Waals surface area (Å²) >= 11 is 0. The van der Waals surface area contributed by atoms with E-state index in [2.05, 4.69) is 6.92 Å². The van der Waals surface area contributed by atoms with E-state index in [0.717, 1.165) is 25.5 Å². The molecule has 17 heavy (non-hydrogen) atoms. The van der Waals surface area contributed by atoms with Crippen LogP contribution in [0.2, 0.25) is 0 Å². The van der Waals surface area contributed by atoms with Crippen LogP contribution in [-0.4, -0.2) is 50.9 Å². The van der Waals surface area contributed by atoms with Gasteiger partial charge in [0.25, 0.3) is 0 Å². The molecular formula is C11H24N2O3S. The second-order valence-corrected chi connectivity index (χ2v) is 6.75. The summed E-state index contributed by atoms with van der Waals surface area (Å²) in [6.07, 6.45) is 4.47. The normalized spacial score (nSPS) is 13.4. The highest BCUT2D eigenvalue weighted by atomic mass is 32.2. The molecule has 0 fully saturated rings. The molecule has 0 rings (SSSR count). The van der Waals surface area contributed by atoms with Crippen molar-refractivity contribution in [3.05, 3.63) is 0 Å². The highest BCUT2D eigenvalue weighted by Crippen LogP contribution is 2.01. The lowest BCUT2D eigenvalue weighted by Gasteiger charge is -2.21. The number of rotatable bonds is 8. The van der Waals surface area contributed by atoms with Crippen molar-refractivity contribution >= 4 is 15.7 Å². The van der Waals surface area contributed by atoms with Crippen molar-refractivity contribution in [1.82, 2.24) is 4.90 Å².